The van der Waals surface area contributed by atoms with Crippen LogP contribution in [0.15, 0.2) is 49.3 Å². The molecule has 0 spiro atoms. The van der Waals surface area contributed by atoms with E-state index in [0.717, 1.165) is 0 Å². The fourth-order valence-electron chi connectivity index (χ4n) is 1.73. The zero-order valence-electron chi connectivity index (χ0n) is 11.8. The number of rotatable bonds is 5. The smallest absolute Gasteiger partial charge is 0.263 e. The predicted octanol–water partition coefficient (Wildman–Crippen LogP) is 1.73. The Balaban J connectivity index is 1.59. The molecule has 23 heavy (non-hydrogen) atoms. The molecule has 8 nitrogen and oxygen atoms in total. The van der Waals surface area contributed by atoms with Gasteiger partial charge in [0.25, 0.3) is 5.91 Å². The first-order valence-electron chi connectivity index (χ1n) is 6.56. The van der Waals surface area contributed by atoms with Gasteiger partial charge in [0, 0.05) is 11.1 Å². The Hall–Kier alpha value is -3.00. The quantitative estimate of drug-likeness (QED) is 0.765. The standard InChI is InChI=1S/C14H11ClN6O2/c15-10-1-3-11(4-2-10)23-6-14(22)20-12-5-13(18-8-17-12)21-9-16-7-19-21/h1-5,7-9H,6H2,(H,17,18,20,22). The van der Waals surface area contributed by atoms with E-state index in [9.17, 15) is 4.79 Å². The van der Waals surface area contributed by atoms with Gasteiger partial charge in [-0.15, -0.1) is 0 Å². The summed E-state index contributed by atoms with van der Waals surface area (Å²) in [7, 11) is 0. The van der Waals surface area contributed by atoms with Crippen molar-refractivity contribution in [1.29, 1.82) is 0 Å². The van der Waals surface area contributed by atoms with Gasteiger partial charge in [0.1, 0.15) is 30.5 Å². The minimum atomic E-state index is -0.344. The number of ether oxygens (including phenoxy) is 1. The van der Waals surface area contributed by atoms with E-state index in [1.807, 2.05) is 0 Å². The Bertz CT molecular complexity index is 791. The summed E-state index contributed by atoms with van der Waals surface area (Å²) < 4.78 is 6.82. The fourth-order valence-corrected chi connectivity index (χ4v) is 1.85. The van der Waals surface area contributed by atoms with Crippen LogP contribution in [0, 0.1) is 0 Å². The molecule has 3 rings (SSSR count). The number of amides is 1. The summed E-state index contributed by atoms with van der Waals surface area (Å²) in [6.45, 7) is -0.149. The second-order valence-electron chi connectivity index (χ2n) is 4.39. The molecule has 2 aromatic heterocycles. The summed E-state index contributed by atoms with van der Waals surface area (Å²) in [5.41, 5.74) is 0. The minimum absolute atomic E-state index is 0.149. The van der Waals surface area contributed by atoms with Gasteiger partial charge in [-0.25, -0.2) is 19.6 Å². The molecule has 0 saturated carbocycles. The average Bonchev–Trinajstić information content (AvgIpc) is 3.09. The summed E-state index contributed by atoms with van der Waals surface area (Å²) in [4.78, 5) is 23.7. The zero-order chi connectivity index (χ0) is 16.1. The lowest BCUT2D eigenvalue weighted by atomic mass is 10.3. The molecule has 0 aliphatic rings. The number of carbonyl (C=O) groups excluding carboxylic acids is 1. The molecule has 2 heterocycles. The SMILES string of the molecule is O=C(COc1ccc(Cl)cc1)Nc1cc(-n2cncn2)ncn1. The Labute approximate surface area is 136 Å². The first-order valence-corrected chi connectivity index (χ1v) is 6.94. The van der Waals surface area contributed by atoms with Crippen molar-refractivity contribution >= 4 is 23.3 Å². The van der Waals surface area contributed by atoms with Gasteiger partial charge in [-0.05, 0) is 24.3 Å². The summed E-state index contributed by atoms with van der Waals surface area (Å²) in [5, 5.41) is 7.18. The Morgan fingerprint density at radius 3 is 2.78 bits per heavy atom. The number of anilines is 1. The molecule has 0 radical (unpaired) electrons. The van der Waals surface area contributed by atoms with E-state index in [1.54, 1.807) is 30.3 Å². The van der Waals surface area contributed by atoms with E-state index in [0.29, 0.717) is 22.4 Å². The van der Waals surface area contributed by atoms with Crippen LogP contribution in [-0.2, 0) is 4.79 Å². The Morgan fingerprint density at radius 2 is 2.04 bits per heavy atom. The molecule has 116 valence electrons. The van der Waals surface area contributed by atoms with Crippen LogP contribution < -0.4 is 10.1 Å². The van der Waals surface area contributed by atoms with Crippen LogP contribution in [0.2, 0.25) is 5.02 Å². The summed E-state index contributed by atoms with van der Waals surface area (Å²) in [6.07, 6.45) is 4.21. The van der Waals surface area contributed by atoms with Gasteiger partial charge in [-0.2, -0.15) is 5.10 Å². The molecule has 0 fully saturated rings. The highest BCUT2D eigenvalue weighted by molar-refractivity contribution is 6.30. The molecule has 0 unspecified atom stereocenters. The molecule has 0 atom stereocenters. The van der Waals surface area contributed by atoms with Crippen molar-refractivity contribution in [3.05, 3.63) is 54.3 Å². The molecular formula is C14H11ClN6O2. The van der Waals surface area contributed by atoms with Crippen LogP contribution in [0.4, 0.5) is 5.82 Å². The van der Waals surface area contributed by atoms with Gasteiger partial charge in [-0.3, -0.25) is 4.79 Å². The van der Waals surface area contributed by atoms with Crippen LogP contribution in [0.3, 0.4) is 0 Å². The number of halogens is 1. The normalized spacial score (nSPS) is 10.3. The third-order valence-electron chi connectivity index (χ3n) is 2.76. The second kappa shape index (κ2) is 6.84. The number of nitrogens with zero attached hydrogens (tertiary/aromatic N) is 5. The van der Waals surface area contributed by atoms with E-state index in [-0.39, 0.29) is 12.5 Å². The molecule has 9 heteroatoms. The molecule has 0 aliphatic heterocycles. The van der Waals surface area contributed by atoms with E-state index in [1.165, 1.54) is 23.7 Å². The van der Waals surface area contributed by atoms with Crippen LogP contribution in [0.1, 0.15) is 0 Å². The van der Waals surface area contributed by atoms with Crippen molar-refractivity contribution in [2.24, 2.45) is 0 Å². The van der Waals surface area contributed by atoms with Crippen LogP contribution in [-0.4, -0.2) is 37.2 Å². The van der Waals surface area contributed by atoms with E-state index in [4.69, 9.17) is 16.3 Å². The lowest BCUT2D eigenvalue weighted by Gasteiger charge is -2.07. The molecule has 0 aliphatic carbocycles. The third-order valence-corrected chi connectivity index (χ3v) is 3.01. The highest BCUT2D eigenvalue weighted by atomic mass is 35.5. The van der Waals surface area contributed by atoms with Crippen LogP contribution >= 0.6 is 11.6 Å². The van der Waals surface area contributed by atoms with Gasteiger partial charge in [0.2, 0.25) is 0 Å². The Morgan fingerprint density at radius 1 is 1.22 bits per heavy atom. The molecule has 1 amide bonds. The van der Waals surface area contributed by atoms with Gasteiger partial charge in [-0.1, -0.05) is 11.6 Å². The zero-order valence-corrected chi connectivity index (χ0v) is 12.5. The summed E-state index contributed by atoms with van der Waals surface area (Å²) in [5.74, 6) is 1.04. The maximum atomic E-state index is 11.9. The predicted molar refractivity (Wildman–Crippen MR) is 82.5 cm³/mol. The molecule has 1 aromatic carbocycles. The second-order valence-corrected chi connectivity index (χ2v) is 4.83. The van der Waals surface area contributed by atoms with Crippen LogP contribution in [0.5, 0.6) is 5.75 Å². The van der Waals surface area contributed by atoms with Crippen molar-refractivity contribution < 1.29 is 9.53 Å². The number of hydrogen-bond donors (Lipinski definition) is 1. The molecule has 1 N–H and O–H groups in total. The maximum Gasteiger partial charge on any atom is 0.263 e. The number of hydrogen-bond acceptors (Lipinski definition) is 6. The van der Waals surface area contributed by atoms with Crippen molar-refractivity contribution in [3.8, 4) is 11.6 Å². The molecule has 0 bridgehead atoms. The monoisotopic (exact) mass is 330 g/mol. The van der Waals surface area contributed by atoms with Gasteiger partial charge in [0.05, 0.1) is 0 Å². The first kappa shape index (κ1) is 14.9. The van der Waals surface area contributed by atoms with E-state index in [2.05, 4.69) is 25.4 Å². The lowest BCUT2D eigenvalue weighted by molar-refractivity contribution is -0.118. The largest absolute Gasteiger partial charge is 0.484 e. The lowest BCUT2D eigenvalue weighted by Crippen LogP contribution is -2.21. The van der Waals surface area contributed by atoms with Crippen molar-refractivity contribution in [3.63, 3.8) is 0 Å². The van der Waals surface area contributed by atoms with E-state index >= 15 is 0 Å². The van der Waals surface area contributed by atoms with Gasteiger partial charge in [0.15, 0.2) is 12.4 Å². The number of benzene rings is 1. The minimum Gasteiger partial charge on any atom is -0.484 e. The van der Waals surface area contributed by atoms with Gasteiger partial charge >= 0.3 is 0 Å². The van der Waals surface area contributed by atoms with Crippen molar-refractivity contribution in [2.75, 3.05) is 11.9 Å². The fraction of sp³-hybridized carbons (Fsp3) is 0.0714. The Kier molecular flexibility index (Phi) is 4.44. The molecule has 0 saturated heterocycles. The molecular weight excluding hydrogens is 320 g/mol. The van der Waals surface area contributed by atoms with Crippen molar-refractivity contribution in [1.82, 2.24) is 24.7 Å². The van der Waals surface area contributed by atoms with Crippen molar-refractivity contribution in [2.45, 2.75) is 0 Å². The topological polar surface area (TPSA) is 94.8 Å². The first-order chi connectivity index (χ1) is 11.2. The molecule has 3 aromatic rings. The van der Waals surface area contributed by atoms with E-state index < -0.39 is 0 Å². The average molecular weight is 331 g/mol. The third kappa shape index (κ3) is 4.01. The highest BCUT2D eigenvalue weighted by Crippen LogP contribution is 2.15. The summed E-state index contributed by atoms with van der Waals surface area (Å²) >= 11 is 5.78. The van der Waals surface area contributed by atoms with Crippen LogP contribution in [0.25, 0.3) is 5.82 Å². The summed E-state index contributed by atoms with van der Waals surface area (Å²) in [6, 6.07) is 8.31. The number of aromatic nitrogens is 5. The number of nitrogens with one attached hydrogen (secondary N) is 1. The maximum absolute atomic E-state index is 11.9. The number of carbonyl (C=O) groups is 1. The van der Waals surface area contributed by atoms with Gasteiger partial charge < -0.3 is 10.1 Å². The highest BCUT2D eigenvalue weighted by Gasteiger charge is 2.07.